The number of nitrogens with zero attached hydrogens (tertiary/aromatic N) is 1. The summed E-state index contributed by atoms with van der Waals surface area (Å²) in [7, 11) is 0. The summed E-state index contributed by atoms with van der Waals surface area (Å²) in [6.07, 6.45) is 8.29. The number of rotatable bonds is 3. The fourth-order valence-corrected chi connectivity index (χ4v) is 2.92. The van der Waals surface area contributed by atoms with E-state index in [1.54, 1.807) is 4.90 Å². The van der Waals surface area contributed by atoms with Crippen LogP contribution in [0.15, 0.2) is 23.8 Å². The third kappa shape index (κ3) is 7.63. The number of ether oxygens (including phenoxy) is 2. The fourth-order valence-electron chi connectivity index (χ4n) is 2.92. The number of allylic oxidation sites excluding steroid dienone is 2. The molecule has 0 N–H and O–H groups in total. The van der Waals surface area contributed by atoms with Gasteiger partial charge in [-0.05, 0) is 51.5 Å². The van der Waals surface area contributed by atoms with Crippen molar-refractivity contribution in [3.63, 3.8) is 0 Å². The highest BCUT2D eigenvalue weighted by Gasteiger charge is 2.30. The van der Waals surface area contributed by atoms with Gasteiger partial charge in [-0.3, -0.25) is 4.79 Å². The zero-order valence-corrected chi connectivity index (χ0v) is 17.2. The van der Waals surface area contributed by atoms with Crippen LogP contribution in [0, 0.1) is 11.8 Å². The van der Waals surface area contributed by atoms with Gasteiger partial charge in [0.1, 0.15) is 12.2 Å². The molecule has 0 spiro atoms. The number of carbonyl (C=O) groups excluding carboxylic acids is 2. The van der Waals surface area contributed by atoms with Crippen molar-refractivity contribution >= 4 is 12.1 Å². The van der Waals surface area contributed by atoms with Crippen LogP contribution < -0.4 is 0 Å². The molecule has 26 heavy (non-hydrogen) atoms. The number of hydrogen-bond acceptors (Lipinski definition) is 4. The standard InChI is InChI=1S/C19H29NO4.C2H6/c1-14-6-5-7-15(12-14)13-23-17(21)16-8-10-20(11-9-16)18(22)24-19(2,3)4;1-2/h5,7,12,14,16H,6,8-11,13H2,1-4H3;1-2H3. The lowest BCUT2D eigenvalue weighted by Gasteiger charge is -2.32. The van der Waals surface area contributed by atoms with E-state index in [0.717, 1.165) is 12.0 Å². The molecule has 5 nitrogen and oxygen atoms in total. The van der Waals surface area contributed by atoms with Crippen LogP contribution in [0.25, 0.3) is 0 Å². The van der Waals surface area contributed by atoms with Gasteiger partial charge in [-0.1, -0.05) is 39.0 Å². The fraction of sp³-hybridized carbons (Fsp3) is 0.714. The Balaban J connectivity index is 0.00000163. The van der Waals surface area contributed by atoms with Crippen LogP contribution in [0.2, 0.25) is 0 Å². The van der Waals surface area contributed by atoms with E-state index in [-0.39, 0.29) is 18.0 Å². The summed E-state index contributed by atoms with van der Waals surface area (Å²) in [5.74, 6) is 0.210. The van der Waals surface area contributed by atoms with E-state index in [9.17, 15) is 9.59 Å². The molecule has 1 atom stereocenters. The van der Waals surface area contributed by atoms with Gasteiger partial charge in [-0.2, -0.15) is 0 Å². The van der Waals surface area contributed by atoms with E-state index in [2.05, 4.69) is 19.1 Å². The van der Waals surface area contributed by atoms with E-state index in [4.69, 9.17) is 9.47 Å². The van der Waals surface area contributed by atoms with E-state index in [1.807, 2.05) is 40.7 Å². The van der Waals surface area contributed by atoms with Crippen molar-refractivity contribution in [2.45, 2.75) is 66.4 Å². The second kappa shape index (κ2) is 10.4. The van der Waals surface area contributed by atoms with Crippen LogP contribution in [0.3, 0.4) is 0 Å². The predicted molar refractivity (Wildman–Crippen MR) is 104 cm³/mol. The molecule has 0 radical (unpaired) electrons. The molecule has 1 unspecified atom stereocenters. The number of amides is 1. The molecule has 2 aliphatic rings. The Labute approximate surface area is 158 Å². The number of piperidine rings is 1. The van der Waals surface area contributed by atoms with Crippen molar-refractivity contribution in [1.82, 2.24) is 4.90 Å². The molecule has 0 aromatic rings. The maximum Gasteiger partial charge on any atom is 0.410 e. The summed E-state index contributed by atoms with van der Waals surface area (Å²) in [6.45, 7) is 13.1. The average Bonchev–Trinajstić information content (AvgIpc) is 2.60. The molecule has 2 rings (SSSR count). The highest BCUT2D eigenvalue weighted by atomic mass is 16.6. The van der Waals surface area contributed by atoms with E-state index in [1.165, 1.54) is 0 Å². The lowest BCUT2D eigenvalue weighted by molar-refractivity contribution is -0.149. The van der Waals surface area contributed by atoms with Crippen molar-refractivity contribution in [2.75, 3.05) is 19.7 Å². The average molecular weight is 366 g/mol. The predicted octanol–water partition coefficient (Wildman–Crippen LogP) is 4.73. The third-order valence-corrected chi connectivity index (χ3v) is 4.20. The van der Waals surface area contributed by atoms with Crippen molar-refractivity contribution < 1.29 is 19.1 Å². The topological polar surface area (TPSA) is 55.8 Å². The maximum absolute atomic E-state index is 12.2. The Bertz CT molecular complexity index is 523. The van der Waals surface area contributed by atoms with Crippen LogP contribution in [-0.4, -0.2) is 42.3 Å². The summed E-state index contributed by atoms with van der Waals surface area (Å²) in [4.78, 5) is 25.9. The van der Waals surface area contributed by atoms with Crippen molar-refractivity contribution in [1.29, 1.82) is 0 Å². The molecule has 5 heteroatoms. The first-order chi connectivity index (χ1) is 12.2. The summed E-state index contributed by atoms with van der Waals surface area (Å²) in [6, 6.07) is 0. The van der Waals surface area contributed by atoms with Gasteiger partial charge in [0.05, 0.1) is 5.92 Å². The van der Waals surface area contributed by atoms with Crippen molar-refractivity contribution in [2.24, 2.45) is 11.8 Å². The van der Waals surface area contributed by atoms with Gasteiger partial charge in [0.25, 0.3) is 0 Å². The van der Waals surface area contributed by atoms with E-state index >= 15 is 0 Å². The molecular weight excluding hydrogens is 330 g/mol. The second-order valence-electron chi connectivity index (χ2n) is 7.71. The van der Waals surface area contributed by atoms with Crippen LogP contribution >= 0.6 is 0 Å². The summed E-state index contributed by atoms with van der Waals surface area (Å²) >= 11 is 0. The third-order valence-electron chi connectivity index (χ3n) is 4.20. The molecule has 0 aromatic heterocycles. The number of esters is 1. The van der Waals surface area contributed by atoms with Crippen molar-refractivity contribution in [3.05, 3.63) is 23.8 Å². The van der Waals surface area contributed by atoms with Crippen LogP contribution in [-0.2, 0) is 14.3 Å². The molecule has 1 saturated heterocycles. The quantitative estimate of drug-likeness (QED) is 0.679. The zero-order valence-electron chi connectivity index (χ0n) is 17.2. The van der Waals surface area contributed by atoms with Gasteiger partial charge >= 0.3 is 12.1 Å². The van der Waals surface area contributed by atoms with Gasteiger partial charge in [0.15, 0.2) is 0 Å². The van der Waals surface area contributed by atoms with Gasteiger partial charge in [-0.15, -0.1) is 0 Å². The molecule has 0 bridgehead atoms. The Morgan fingerprint density at radius 3 is 2.35 bits per heavy atom. The molecule has 0 saturated carbocycles. The van der Waals surface area contributed by atoms with Gasteiger partial charge < -0.3 is 14.4 Å². The molecule has 1 aliphatic heterocycles. The second-order valence-corrected chi connectivity index (χ2v) is 7.71. The largest absolute Gasteiger partial charge is 0.461 e. The van der Waals surface area contributed by atoms with Gasteiger partial charge in [0, 0.05) is 13.1 Å². The lowest BCUT2D eigenvalue weighted by atomic mass is 9.97. The minimum atomic E-state index is -0.495. The van der Waals surface area contributed by atoms with Gasteiger partial charge in [-0.25, -0.2) is 4.79 Å². The van der Waals surface area contributed by atoms with Crippen LogP contribution in [0.4, 0.5) is 4.79 Å². The summed E-state index contributed by atoms with van der Waals surface area (Å²) in [5.41, 5.74) is 0.568. The first-order valence-electron chi connectivity index (χ1n) is 9.76. The first-order valence-corrected chi connectivity index (χ1v) is 9.76. The monoisotopic (exact) mass is 365 g/mol. The molecule has 148 valence electrons. The molecule has 1 heterocycles. The molecule has 1 aliphatic carbocycles. The minimum absolute atomic E-state index is 0.130. The zero-order chi connectivity index (χ0) is 19.7. The molecule has 1 amide bonds. The van der Waals surface area contributed by atoms with E-state index < -0.39 is 5.60 Å². The van der Waals surface area contributed by atoms with Crippen LogP contribution in [0.1, 0.15) is 60.8 Å². The first kappa shape index (κ1) is 22.3. The number of carbonyl (C=O) groups is 2. The lowest BCUT2D eigenvalue weighted by Crippen LogP contribution is -2.43. The molecule has 0 aromatic carbocycles. The SMILES string of the molecule is CC.CC1C=C(COC(=O)C2CCN(C(=O)OC(C)(C)C)CC2)C=CC1. The normalized spacial score (nSPS) is 20.6. The Hall–Kier alpha value is -1.78. The number of likely N-dealkylation sites (tertiary alicyclic amines) is 1. The Morgan fingerprint density at radius 1 is 1.19 bits per heavy atom. The van der Waals surface area contributed by atoms with E-state index in [0.29, 0.717) is 38.5 Å². The highest BCUT2D eigenvalue weighted by molar-refractivity contribution is 5.74. The number of hydrogen-bond donors (Lipinski definition) is 0. The highest BCUT2D eigenvalue weighted by Crippen LogP contribution is 2.22. The van der Waals surface area contributed by atoms with Gasteiger partial charge in [0.2, 0.25) is 0 Å². The molecular formula is C21H35NO4. The van der Waals surface area contributed by atoms with Crippen LogP contribution in [0.5, 0.6) is 0 Å². The minimum Gasteiger partial charge on any atom is -0.461 e. The summed E-state index contributed by atoms with van der Waals surface area (Å²) < 4.78 is 10.8. The molecule has 1 fully saturated rings. The summed E-state index contributed by atoms with van der Waals surface area (Å²) in [5, 5.41) is 0. The van der Waals surface area contributed by atoms with Crippen molar-refractivity contribution in [3.8, 4) is 0 Å². The smallest absolute Gasteiger partial charge is 0.410 e. The Morgan fingerprint density at radius 2 is 1.81 bits per heavy atom. The Kier molecular flexibility index (Phi) is 8.89. The maximum atomic E-state index is 12.2.